The predicted octanol–water partition coefficient (Wildman–Crippen LogP) is 3.06. The molecule has 0 saturated heterocycles. The van der Waals surface area contributed by atoms with Crippen LogP contribution in [0.15, 0.2) is 0 Å². The molecular formula is C14H25NO. The normalized spacial score (nSPS) is 24.3. The van der Waals surface area contributed by atoms with Crippen LogP contribution in [0.4, 0.5) is 0 Å². The molecule has 0 unspecified atom stereocenters. The summed E-state index contributed by atoms with van der Waals surface area (Å²) in [6.07, 6.45) is 11.8. The van der Waals surface area contributed by atoms with E-state index in [0.29, 0.717) is 5.78 Å². The summed E-state index contributed by atoms with van der Waals surface area (Å²) in [5.41, 5.74) is 0.152. The van der Waals surface area contributed by atoms with Crippen molar-refractivity contribution in [1.82, 2.24) is 5.32 Å². The van der Waals surface area contributed by atoms with E-state index in [-0.39, 0.29) is 5.54 Å². The highest BCUT2D eigenvalue weighted by atomic mass is 16.1. The highest BCUT2D eigenvalue weighted by Gasteiger charge is 2.32. The van der Waals surface area contributed by atoms with E-state index in [4.69, 9.17) is 0 Å². The summed E-state index contributed by atoms with van der Waals surface area (Å²) in [6.45, 7) is 0. The van der Waals surface area contributed by atoms with E-state index in [1.165, 1.54) is 44.9 Å². The SMILES string of the molecule is CNC1(CC(=O)CCC2CC2)CCCCC1. The standard InChI is InChI=1S/C14H25NO/c1-15-14(9-3-2-4-10-14)11-13(16)8-7-12-5-6-12/h12,15H,2-11H2,1H3. The maximum Gasteiger partial charge on any atom is 0.134 e. The van der Waals surface area contributed by atoms with Crippen LogP contribution in [0.1, 0.15) is 64.2 Å². The van der Waals surface area contributed by atoms with Gasteiger partial charge in [-0.05, 0) is 32.2 Å². The lowest BCUT2D eigenvalue weighted by atomic mass is 9.78. The van der Waals surface area contributed by atoms with Gasteiger partial charge >= 0.3 is 0 Å². The van der Waals surface area contributed by atoms with Crippen LogP contribution in [-0.4, -0.2) is 18.4 Å². The van der Waals surface area contributed by atoms with E-state index in [2.05, 4.69) is 5.32 Å². The van der Waals surface area contributed by atoms with Gasteiger partial charge in [0.1, 0.15) is 5.78 Å². The first-order valence-corrected chi connectivity index (χ1v) is 6.95. The molecule has 2 fully saturated rings. The maximum atomic E-state index is 12.0. The smallest absolute Gasteiger partial charge is 0.134 e. The number of carbonyl (C=O) groups is 1. The lowest BCUT2D eigenvalue weighted by Crippen LogP contribution is -2.46. The number of rotatable bonds is 6. The van der Waals surface area contributed by atoms with Crippen LogP contribution < -0.4 is 5.32 Å². The number of carbonyl (C=O) groups excluding carboxylic acids is 1. The molecule has 0 radical (unpaired) electrons. The van der Waals surface area contributed by atoms with E-state index in [0.717, 1.165) is 25.2 Å². The predicted molar refractivity (Wildman–Crippen MR) is 66.5 cm³/mol. The molecule has 0 aromatic carbocycles. The van der Waals surface area contributed by atoms with E-state index in [9.17, 15) is 4.79 Å². The quantitative estimate of drug-likeness (QED) is 0.750. The summed E-state index contributed by atoms with van der Waals surface area (Å²) in [4.78, 5) is 12.0. The molecule has 0 aliphatic heterocycles. The highest BCUT2D eigenvalue weighted by Crippen LogP contribution is 2.35. The molecule has 0 aromatic heterocycles. The molecule has 2 aliphatic rings. The summed E-state index contributed by atoms with van der Waals surface area (Å²) in [6, 6.07) is 0. The zero-order valence-electron chi connectivity index (χ0n) is 10.6. The van der Waals surface area contributed by atoms with E-state index < -0.39 is 0 Å². The second-order valence-corrected chi connectivity index (χ2v) is 5.79. The summed E-state index contributed by atoms with van der Waals surface area (Å²) < 4.78 is 0. The van der Waals surface area contributed by atoms with Crippen LogP contribution in [-0.2, 0) is 4.79 Å². The molecule has 2 heteroatoms. The van der Waals surface area contributed by atoms with E-state index in [1.807, 2.05) is 7.05 Å². The molecule has 0 amide bonds. The molecule has 92 valence electrons. The van der Waals surface area contributed by atoms with Gasteiger partial charge in [-0.2, -0.15) is 0 Å². The van der Waals surface area contributed by atoms with Gasteiger partial charge in [0.15, 0.2) is 0 Å². The molecule has 2 aliphatic carbocycles. The minimum absolute atomic E-state index is 0.152. The van der Waals surface area contributed by atoms with Crippen LogP contribution in [0, 0.1) is 5.92 Å². The summed E-state index contributed by atoms with van der Waals surface area (Å²) in [7, 11) is 2.03. The fourth-order valence-electron chi connectivity index (χ4n) is 2.98. The van der Waals surface area contributed by atoms with Gasteiger partial charge in [-0.15, -0.1) is 0 Å². The Kier molecular flexibility index (Phi) is 4.01. The summed E-state index contributed by atoms with van der Waals surface area (Å²) in [5, 5.41) is 3.43. The lowest BCUT2D eigenvalue weighted by Gasteiger charge is -2.36. The highest BCUT2D eigenvalue weighted by molar-refractivity contribution is 5.79. The number of ketones is 1. The lowest BCUT2D eigenvalue weighted by molar-refractivity contribution is -0.121. The minimum atomic E-state index is 0.152. The van der Waals surface area contributed by atoms with Crippen molar-refractivity contribution in [3.63, 3.8) is 0 Å². The molecule has 0 spiro atoms. The molecule has 2 saturated carbocycles. The first-order chi connectivity index (χ1) is 7.74. The Hall–Kier alpha value is -0.370. The third-order valence-electron chi connectivity index (χ3n) is 4.40. The Morgan fingerprint density at radius 3 is 2.50 bits per heavy atom. The van der Waals surface area contributed by atoms with Crippen molar-refractivity contribution in [1.29, 1.82) is 0 Å². The molecule has 16 heavy (non-hydrogen) atoms. The molecule has 0 bridgehead atoms. The van der Waals surface area contributed by atoms with Gasteiger partial charge in [0.2, 0.25) is 0 Å². The number of hydrogen-bond donors (Lipinski definition) is 1. The molecule has 1 N–H and O–H groups in total. The largest absolute Gasteiger partial charge is 0.314 e. The number of Topliss-reactive ketones (excluding diaryl/α,β-unsaturated/α-hetero) is 1. The average molecular weight is 223 g/mol. The van der Waals surface area contributed by atoms with Crippen LogP contribution in [0.5, 0.6) is 0 Å². The van der Waals surface area contributed by atoms with E-state index >= 15 is 0 Å². The fraction of sp³-hybridized carbons (Fsp3) is 0.929. The van der Waals surface area contributed by atoms with Crippen molar-refractivity contribution in [2.75, 3.05) is 7.05 Å². The second-order valence-electron chi connectivity index (χ2n) is 5.79. The molecular weight excluding hydrogens is 198 g/mol. The van der Waals surface area contributed by atoms with Crippen molar-refractivity contribution in [3.8, 4) is 0 Å². The topological polar surface area (TPSA) is 29.1 Å². The van der Waals surface area contributed by atoms with Gasteiger partial charge in [0, 0.05) is 18.4 Å². The van der Waals surface area contributed by atoms with Crippen molar-refractivity contribution in [3.05, 3.63) is 0 Å². The van der Waals surface area contributed by atoms with Gasteiger partial charge in [0.05, 0.1) is 0 Å². The van der Waals surface area contributed by atoms with Crippen molar-refractivity contribution < 1.29 is 4.79 Å². The van der Waals surface area contributed by atoms with Gasteiger partial charge < -0.3 is 5.32 Å². The summed E-state index contributed by atoms with van der Waals surface area (Å²) >= 11 is 0. The first-order valence-electron chi connectivity index (χ1n) is 6.95. The number of nitrogens with one attached hydrogen (secondary N) is 1. The zero-order valence-corrected chi connectivity index (χ0v) is 10.6. The molecule has 0 heterocycles. The Balaban J connectivity index is 1.77. The van der Waals surface area contributed by atoms with Gasteiger partial charge in [0.25, 0.3) is 0 Å². The molecule has 2 rings (SSSR count). The number of hydrogen-bond acceptors (Lipinski definition) is 2. The maximum absolute atomic E-state index is 12.0. The molecule has 0 atom stereocenters. The molecule has 2 nitrogen and oxygen atoms in total. The van der Waals surface area contributed by atoms with Gasteiger partial charge in [-0.25, -0.2) is 0 Å². The zero-order chi connectivity index (χ0) is 11.4. The monoisotopic (exact) mass is 223 g/mol. The third kappa shape index (κ3) is 3.31. The Morgan fingerprint density at radius 1 is 1.25 bits per heavy atom. The second kappa shape index (κ2) is 5.31. The van der Waals surface area contributed by atoms with E-state index in [1.54, 1.807) is 0 Å². The van der Waals surface area contributed by atoms with Crippen LogP contribution in [0.3, 0.4) is 0 Å². The van der Waals surface area contributed by atoms with Gasteiger partial charge in [-0.1, -0.05) is 32.1 Å². The fourth-order valence-corrected chi connectivity index (χ4v) is 2.98. The van der Waals surface area contributed by atoms with Crippen molar-refractivity contribution >= 4 is 5.78 Å². The summed E-state index contributed by atoms with van der Waals surface area (Å²) in [5.74, 6) is 1.38. The van der Waals surface area contributed by atoms with Gasteiger partial charge in [-0.3, -0.25) is 4.79 Å². The minimum Gasteiger partial charge on any atom is -0.314 e. The van der Waals surface area contributed by atoms with Crippen LogP contribution >= 0.6 is 0 Å². The Morgan fingerprint density at radius 2 is 1.94 bits per heavy atom. The third-order valence-corrected chi connectivity index (χ3v) is 4.40. The van der Waals surface area contributed by atoms with Crippen molar-refractivity contribution in [2.24, 2.45) is 5.92 Å². The Labute approximate surface area is 99.2 Å². The first kappa shape index (κ1) is 12.1. The molecule has 0 aromatic rings. The average Bonchev–Trinajstić information content (AvgIpc) is 3.11. The van der Waals surface area contributed by atoms with Crippen LogP contribution in [0.2, 0.25) is 0 Å². The van der Waals surface area contributed by atoms with Crippen LogP contribution in [0.25, 0.3) is 0 Å². The van der Waals surface area contributed by atoms with Crippen molar-refractivity contribution in [2.45, 2.75) is 69.7 Å². The Bertz CT molecular complexity index is 239.